The summed E-state index contributed by atoms with van der Waals surface area (Å²) in [5, 5.41) is 2.25. The Morgan fingerprint density at radius 3 is 2.31 bits per heavy atom. The van der Waals surface area contributed by atoms with Gasteiger partial charge in [0.15, 0.2) is 0 Å². The van der Waals surface area contributed by atoms with Gasteiger partial charge in [0.1, 0.15) is 19.6 Å². The Morgan fingerprint density at radius 1 is 1.06 bits per heavy atom. The van der Waals surface area contributed by atoms with E-state index in [0.717, 1.165) is 63.7 Å². The first kappa shape index (κ1) is 12.2. The predicted molar refractivity (Wildman–Crippen MR) is 60.3 cm³/mol. The fourth-order valence-electron chi connectivity index (χ4n) is 2.28. The topological polar surface area (TPSA) is 59.8 Å². The second-order valence-electron chi connectivity index (χ2n) is 4.42. The van der Waals surface area contributed by atoms with Gasteiger partial charge in [-0.15, -0.1) is 0 Å². The van der Waals surface area contributed by atoms with Gasteiger partial charge in [-0.05, 0) is 0 Å². The summed E-state index contributed by atoms with van der Waals surface area (Å²) < 4.78 is 11.6. The molecule has 0 bridgehead atoms. The van der Waals surface area contributed by atoms with E-state index >= 15 is 0 Å². The summed E-state index contributed by atoms with van der Waals surface area (Å²) in [6.07, 6.45) is 0. The maximum atomic E-state index is 5.71. The van der Waals surface area contributed by atoms with Crippen LogP contribution in [-0.2, 0) is 9.47 Å². The van der Waals surface area contributed by atoms with Crippen molar-refractivity contribution >= 4 is 0 Å². The van der Waals surface area contributed by atoms with Gasteiger partial charge in [-0.3, -0.25) is 0 Å². The molecule has 2 aliphatic heterocycles. The lowest BCUT2D eigenvalue weighted by atomic mass is 10.4. The second-order valence-corrected chi connectivity index (χ2v) is 4.42. The summed E-state index contributed by atoms with van der Waals surface area (Å²) in [6, 6.07) is 0. The van der Waals surface area contributed by atoms with Crippen molar-refractivity contribution in [3.63, 3.8) is 0 Å². The summed E-state index contributed by atoms with van der Waals surface area (Å²) >= 11 is 0. The zero-order chi connectivity index (χ0) is 11.3. The molecule has 2 saturated heterocycles. The molecule has 0 saturated carbocycles. The number of nitrogens with zero attached hydrogens (tertiary/aromatic N) is 2. The molecule has 6 heteroatoms. The smallest absolute Gasteiger partial charge is 0.121 e. The van der Waals surface area contributed by atoms with Gasteiger partial charge in [-0.25, -0.2) is 4.59 Å². The van der Waals surface area contributed by atoms with E-state index in [1.807, 2.05) is 0 Å². The molecule has 0 aromatic rings. The van der Waals surface area contributed by atoms with Crippen LogP contribution in [0.2, 0.25) is 0 Å². The molecule has 2 aliphatic rings. The largest absolute Gasteiger partial charge is 0.379 e. The van der Waals surface area contributed by atoms with Crippen molar-refractivity contribution < 1.29 is 14.1 Å². The third kappa shape index (κ3) is 3.13. The average molecular weight is 231 g/mol. The zero-order valence-electron chi connectivity index (χ0n) is 9.86. The van der Waals surface area contributed by atoms with E-state index in [9.17, 15) is 0 Å². The van der Waals surface area contributed by atoms with E-state index in [0.29, 0.717) is 6.54 Å². The average Bonchev–Trinajstić information content (AvgIpc) is 2.31. The van der Waals surface area contributed by atoms with Crippen LogP contribution in [0.15, 0.2) is 0 Å². The standard InChI is InChI=1S/C10H23N4O2/c11-1-4-14(5-9-16-10-6-14)12-13-2-7-15-8-3-13/h12H,1-11H2/q+1. The number of hydrogen-bond donors (Lipinski definition) is 2. The minimum absolute atomic E-state index is 0.706. The van der Waals surface area contributed by atoms with E-state index in [4.69, 9.17) is 15.2 Å². The summed E-state index contributed by atoms with van der Waals surface area (Å²) in [5.74, 6) is 0. The quantitative estimate of drug-likeness (QED) is 0.579. The van der Waals surface area contributed by atoms with Crippen LogP contribution in [0.5, 0.6) is 0 Å². The third-order valence-corrected chi connectivity index (χ3v) is 3.25. The highest BCUT2D eigenvalue weighted by Gasteiger charge is 2.32. The summed E-state index contributed by atoms with van der Waals surface area (Å²) in [6.45, 7) is 8.81. The number of rotatable bonds is 4. The van der Waals surface area contributed by atoms with Crippen molar-refractivity contribution in [2.45, 2.75) is 0 Å². The highest BCUT2D eigenvalue weighted by Crippen LogP contribution is 2.08. The second kappa shape index (κ2) is 5.90. The number of morpholine rings is 2. The van der Waals surface area contributed by atoms with Crippen LogP contribution >= 0.6 is 0 Å². The summed E-state index contributed by atoms with van der Waals surface area (Å²) in [7, 11) is 0. The minimum Gasteiger partial charge on any atom is -0.379 e. The van der Waals surface area contributed by atoms with E-state index in [1.54, 1.807) is 0 Å². The molecule has 3 N–H and O–H groups in total. The Bertz CT molecular complexity index is 197. The monoisotopic (exact) mass is 231 g/mol. The van der Waals surface area contributed by atoms with Gasteiger partial charge >= 0.3 is 0 Å². The van der Waals surface area contributed by atoms with Crippen LogP contribution in [-0.4, -0.2) is 75.3 Å². The van der Waals surface area contributed by atoms with Crippen molar-refractivity contribution in [2.75, 3.05) is 65.7 Å². The first-order chi connectivity index (χ1) is 7.85. The Balaban J connectivity index is 1.89. The molecule has 0 atom stereocenters. The van der Waals surface area contributed by atoms with Crippen molar-refractivity contribution in [1.29, 1.82) is 0 Å². The van der Waals surface area contributed by atoms with Gasteiger partial charge in [0.05, 0.1) is 26.4 Å². The molecule has 0 aromatic heterocycles. The van der Waals surface area contributed by atoms with Gasteiger partial charge in [0.2, 0.25) is 0 Å². The lowest BCUT2D eigenvalue weighted by molar-refractivity contribution is -0.988. The first-order valence-corrected chi connectivity index (χ1v) is 6.09. The maximum Gasteiger partial charge on any atom is 0.121 e. The number of quaternary nitrogens is 1. The van der Waals surface area contributed by atoms with E-state index in [2.05, 4.69) is 10.5 Å². The van der Waals surface area contributed by atoms with Crippen LogP contribution in [0, 0.1) is 0 Å². The fraction of sp³-hybridized carbons (Fsp3) is 1.00. The fourth-order valence-corrected chi connectivity index (χ4v) is 2.28. The molecular weight excluding hydrogens is 208 g/mol. The molecular formula is C10H23N4O2+. The molecule has 16 heavy (non-hydrogen) atoms. The van der Waals surface area contributed by atoms with Gasteiger partial charge in [-0.2, -0.15) is 5.01 Å². The lowest BCUT2D eigenvalue weighted by Gasteiger charge is -2.44. The normalized spacial score (nSPS) is 26.8. The molecule has 2 rings (SSSR count). The number of nitrogens with two attached hydrogens (primary N) is 1. The van der Waals surface area contributed by atoms with E-state index in [-0.39, 0.29) is 0 Å². The molecule has 2 heterocycles. The lowest BCUT2D eigenvalue weighted by Crippen LogP contribution is -2.70. The Labute approximate surface area is 96.8 Å². The Morgan fingerprint density at radius 2 is 1.69 bits per heavy atom. The zero-order valence-corrected chi connectivity index (χ0v) is 9.86. The van der Waals surface area contributed by atoms with Gasteiger partial charge in [-0.1, -0.05) is 5.53 Å². The van der Waals surface area contributed by atoms with Crippen LogP contribution in [0.1, 0.15) is 0 Å². The Hall–Kier alpha value is -0.240. The molecule has 0 aliphatic carbocycles. The van der Waals surface area contributed by atoms with Crippen molar-refractivity contribution in [2.24, 2.45) is 5.73 Å². The van der Waals surface area contributed by atoms with Gasteiger partial charge < -0.3 is 15.2 Å². The number of hydrogen-bond acceptors (Lipinski definition) is 5. The maximum absolute atomic E-state index is 5.71. The summed E-state index contributed by atoms with van der Waals surface area (Å²) in [4.78, 5) is 0. The number of ether oxygens (including phenoxy) is 2. The molecule has 0 radical (unpaired) electrons. The molecule has 0 unspecified atom stereocenters. The van der Waals surface area contributed by atoms with Crippen LogP contribution < -0.4 is 11.3 Å². The highest BCUT2D eigenvalue weighted by molar-refractivity contribution is 4.55. The van der Waals surface area contributed by atoms with Crippen LogP contribution in [0.25, 0.3) is 0 Å². The van der Waals surface area contributed by atoms with E-state index < -0.39 is 0 Å². The highest BCUT2D eigenvalue weighted by atomic mass is 16.5. The first-order valence-electron chi connectivity index (χ1n) is 6.09. The van der Waals surface area contributed by atoms with E-state index in [1.165, 1.54) is 0 Å². The molecule has 94 valence electrons. The van der Waals surface area contributed by atoms with Gasteiger partial charge in [0.25, 0.3) is 0 Å². The number of hydrazine groups is 1. The molecule has 6 nitrogen and oxygen atoms in total. The van der Waals surface area contributed by atoms with Crippen LogP contribution in [0.3, 0.4) is 0 Å². The van der Waals surface area contributed by atoms with Crippen molar-refractivity contribution in [1.82, 2.24) is 10.5 Å². The number of nitrogens with one attached hydrogen (secondary N) is 1. The predicted octanol–water partition coefficient (Wildman–Crippen LogP) is -1.46. The third-order valence-electron chi connectivity index (χ3n) is 3.25. The SMILES string of the molecule is NCC[N+]1(NN2CCOCC2)CCOCC1. The summed E-state index contributed by atoms with van der Waals surface area (Å²) in [5.41, 5.74) is 9.31. The van der Waals surface area contributed by atoms with Crippen molar-refractivity contribution in [3.05, 3.63) is 0 Å². The Kier molecular flexibility index (Phi) is 4.51. The minimum atomic E-state index is 0.706. The molecule has 0 aromatic carbocycles. The molecule has 0 spiro atoms. The van der Waals surface area contributed by atoms with Gasteiger partial charge in [0, 0.05) is 19.6 Å². The van der Waals surface area contributed by atoms with Crippen LogP contribution in [0.4, 0.5) is 0 Å². The molecule has 2 fully saturated rings. The molecule has 0 amide bonds. The van der Waals surface area contributed by atoms with Crippen molar-refractivity contribution in [3.8, 4) is 0 Å².